The average Bonchev–Trinajstić information content (AvgIpc) is 2.93. The number of hydrogen-bond donors (Lipinski definition) is 1. The number of ether oxygens (including phenoxy) is 2. The predicted octanol–water partition coefficient (Wildman–Crippen LogP) is 5.68. The molecule has 1 fully saturated rings. The summed E-state index contributed by atoms with van der Waals surface area (Å²) in [6.45, 7) is 11.7. The molecule has 2 aliphatic rings. The number of carbonyl (C=O) groups is 1. The van der Waals surface area contributed by atoms with E-state index < -0.39 is 17.2 Å². The van der Waals surface area contributed by atoms with E-state index in [1.807, 2.05) is 39.5 Å². The fourth-order valence-electron chi connectivity index (χ4n) is 5.02. The van der Waals surface area contributed by atoms with Crippen LogP contribution in [0.15, 0.2) is 30.7 Å². The number of benzene rings is 1. The summed E-state index contributed by atoms with van der Waals surface area (Å²) in [6.07, 6.45) is 5.49. The van der Waals surface area contributed by atoms with E-state index in [9.17, 15) is 13.6 Å². The van der Waals surface area contributed by atoms with E-state index >= 15 is 0 Å². The molecule has 10 nitrogen and oxygen atoms in total. The Hall–Kier alpha value is -4.09. The molecule has 0 radical (unpaired) electrons. The predicted molar refractivity (Wildman–Crippen MR) is 150 cm³/mol. The van der Waals surface area contributed by atoms with Gasteiger partial charge in [-0.05, 0) is 59.6 Å². The van der Waals surface area contributed by atoms with Gasteiger partial charge in [0.15, 0.2) is 23.2 Å². The van der Waals surface area contributed by atoms with Crippen LogP contribution in [-0.2, 0) is 4.74 Å². The Morgan fingerprint density at radius 1 is 1.05 bits per heavy atom. The fraction of sp³-hybridized carbons (Fsp3) is 0.483. The lowest BCUT2D eigenvalue weighted by atomic mass is 9.94. The number of nitrogens with one attached hydrogen (secondary N) is 1. The van der Waals surface area contributed by atoms with Crippen LogP contribution < -0.4 is 15.0 Å². The molecule has 12 heteroatoms. The van der Waals surface area contributed by atoms with Crippen molar-refractivity contribution >= 4 is 23.5 Å². The molecule has 0 atom stereocenters. The second-order valence-corrected chi connectivity index (χ2v) is 11.5. The molecule has 0 saturated carbocycles. The molecule has 1 amide bonds. The first-order chi connectivity index (χ1) is 19.5. The Morgan fingerprint density at radius 3 is 2.46 bits per heavy atom. The van der Waals surface area contributed by atoms with Crippen molar-refractivity contribution in [2.45, 2.75) is 65.0 Å². The minimum atomic E-state index is -0.679. The Balaban J connectivity index is 1.28. The zero-order valence-electron chi connectivity index (χ0n) is 23.9. The van der Waals surface area contributed by atoms with Gasteiger partial charge in [0.05, 0.1) is 36.5 Å². The third kappa shape index (κ3) is 6.47. The van der Waals surface area contributed by atoms with Gasteiger partial charge in [-0.1, -0.05) is 0 Å². The van der Waals surface area contributed by atoms with Crippen LogP contribution in [0.3, 0.4) is 0 Å². The van der Waals surface area contributed by atoms with Crippen LogP contribution in [0.5, 0.6) is 5.75 Å². The minimum Gasteiger partial charge on any atom is -0.486 e. The molecule has 218 valence electrons. The van der Waals surface area contributed by atoms with Gasteiger partial charge in [0, 0.05) is 30.6 Å². The molecule has 0 spiro atoms. The first-order valence-electron chi connectivity index (χ1n) is 13.8. The molecule has 1 saturated heterocycles. The lowest BCUT2D eigenvalue weighted by molar-refractivity contribution is 0.0204. The topological polar surface area (TPSA) is 106 Å². The van der Waals surface area contributed by atoms with E-state index in [-0.39, 0.29) is 41.0 Å². The van der Waals surface area contributed by atoms with Crippen molar-refractivity contribution in [2.75, 3.05) is 36.5 Å². The van der Waals surface area contributed by atoms with Crippen molar-refractivity contribution in [3.05, 3.63) is 48.1 Å². The average molecular weight is 568 g/mol. The fourth-order valence-corrected chi connectivity index (χ4v) is 5.02. The summed E-state index contributed by atoms with van der Waals surface area (Å²) < 4.78 is 40.8. The zero-order chi connectivity index (χ0) is 29.3. The molecular formula is C29H35F2N7O3. The van der Waals surface area contributed by atoms with Crippen molar-refractivity contribution in [1.29, 1.82) is 0 Å². The summed E-state index contributed by atoms with van der Waals surface area (Å²) >= 11 is 0. The largest absolute Gasteiger partial charge is 0.486 e. The van der Waals surface area contributed by atoms with Crippen LogP contribution in [0.4, 0.5) is 31.0 Å². The maximum Gasteiger partial charge on any atom is 0.410 e. The maximum absolute atomic E-state index is 15.0. The quantitative estimate of drug-likeness (QED) is 0.417. The number of amides is 1. The van der Waals surface area contributed by atoms with Crippen LogP contribution in [0, 0.1) is 11.6 Å². The standard InChI is InChI=1S/C29H35F2N7O3/c1-17(2)38-10-11-40-26-20(30)12-19(13-23(26)38)25-21(31)14-34-27(36-25)35-24-16-32-22(15-33-24)18-6-8-37(9-7-18)28(39)41-29(3,4)5/h12-18H,6-11H2,1-5H3,(H,33,34,35,36). The summed E-state index contributed by atoms with van der Waals surface area (Å²) in [7, 11) is 0. The van der Waals surface area contributed by atoms with Gasteiger partial charge in [0.1, 0.15) is 17.9 Å². The number of fused-ring (bicyclic) bond motifs is 1. The van der Waals surface area contributed by atoms with E-state index in [1.54, 1.807) is 23.4 Å². The van der Waals surface area contributed by atoms with Gasteiger partial charge in [-0.25, -0.2) is 28.5 Å². The van der Waals surface area contributed by atoms with Gasteiger partial charge in [0.2, 0.25) is 5.95 Å². The summed E-state index contributed by atoms with van der Waals surface area (Å²) in [5.74, 6) is -0.446. The number of hydrogen-bond acceptors (Lipinski definition) is 9. The number of nitrogens with zero attached hydrogens (tertiary/aromatic N) is 6. The molecule has 2 aromatic heterocycles. The Labute approximate surface area is 238 Å². The number of carbonyl (C=O) groups excluding carboxylic acids is 1. The lowest BCUT2D eigenvalue weighted by Crippen LogP contribution is -2.41. The molecular weight excluding hydrogens is 532 g/mol. The summed E-state index contributed by atoms with van der Waals surface area (Å²) in [6, 6.07) is 3.02. The molecule has 0 unspecified atom stereocenters. The molecule has 3 aromatic rings. The first kappa shape index (κ1) is 28.4. The van der Waals surface area contributed by atoms with Crippen LogP contribution >= 0.6 is 0 Å². The molecule has 5 rings (SSSR count). The SMILES string of the molecule is CC(C)N1CCOc2c(F)cc(-c3nc(Nc4cnc(C5CCN(C(=O)OC(C)(C)C)CC5)cn4)ncc3F)cc21. The number of anilines is 3. The maximum atomic E-state index is 15.0. The van der Waals surface area contributed by atoms with E-state index in [1.165, 1.54) is 6.07 Å². The monoisotopic (exact) mass is 567 g/mol. The van der Waals surface area contributed by atoms with Crippen LogP contribution in [-0.4, -0.2) is 68.8 Å². The number of rotatable bonds is 5. The highest BCUT2D eigenvalue weighted by molar-refractivity contribution is 5.73. The van der Waals surface area contributed by atoms with Gasteiger partial charge < -0.3 is 24.6 Å². The van der Waals surface area contributed by atoms with Crippen LogP contribution in [0.25, 0.3) is 11.3 Å². The Bertz CT molecular complexity index is 1400. The van der Waals surface area contributed by atoms with Gasteiger partial charge in [-0.2, -0.15) is 0 Å². The molecule has 0 aliphatic carbocycles. The van der Waals surface area contributed by atoms with Crippen molar-refractivity contribution in [3.63, 3.8) is 0 Å². The van der Waals surface area contributed by atoms with Crippen LogP contribution in [0.1, 0.15) is 59.1 Å². The third-order valence-corrected chi connectivity index (χ3v) is 7.03. The molecule has 0 bridgehead atoms. The van der Waals surface area contributed by atoms with Gasteiger partial charge >= 0.3 is 6.09 Å². The zero-order valence-corrected chi connectivity index (χ0v) is 23.9. The van der Waals surface area contributed by atoms with E-state index in [0.717, 1.165) is 24.7 Å². The summed E-state index contributed by atoms with van der Waals surface area (Å²) in [5.41, 5.74) is 1.09. The molecule has 1 aromatic carbocycles. The van der Waals surface area contributed by atoms with Gasteiger partial charge in [-0.3, -0.25) is 4.98 Å². The van der Waals surface area contributed by atoms with E-state index in [0.29, 0.717) is 37.7 Å². The van der Waals surface area contributed by atoms with Crippen molar-refractivity contribution in [3.8, 4) is 17.0 Å². The highest BCUT2D eigenvalue weighted by Gasteiger charge is 2.29. The Morgan fingerprint density at radius 2 is 1.80 bits per heavy atom. The highest BCUT2D eigenvalue weighted by atomic mass is 19.1. The number of piperidine rings is 1. The van der Waals surface area contributed by atoms with E-state index in [4.69, 9.17) is 9.47 Å². The van der Waals surface area contributed by atoms with Gasteiger partial charge in [-0.15, -0.1) is 0 Å². The second-order valence-electron chi connectivity index (χ2n) is 11.5. The molecule has 4 heterocycles. The lowest BCUT2D eigenvalue weighted by Gasteiger charge is -2.34. The van der Waals surface area contributed by atoms with Crippen LogP contribution in [0.2, 0.25) is 0 Å². The molecule has 2 aliphatic heterocycles. The van der Waals surface area contributed by atoms with E-state index in [2.05, 4.69) is 25.3 Å². The summed E-state index contributed by atoms with van der Waals surface area (Å²) in [5, 5.41) is 2.96. The second kappa shape index (κ2) is 11.4. The van der Waals surface area contributed by atoms with Gasteiger partial charge in [0.25, 0.3) is 0 Å². The molecule has 1 N–H and O–H groups in total. The number of likely N-dealkylation sites (tertiary alicyclic amines) is 1. The third-order valence-electron chi connectivity index (χ3n) is 7.03. The number of aromatic nitrogens is 4. The first-order valence-corrected chi connectivity index (χ1v) is 13.8. The Kier molecular flexibility index (Phi) is 7.92. The van der Waals surface area contributed by atoms with Crippen molar-refractivity contribution in [1.82, 2.24) is 24.8 Å². The molecule has 41 heavy (non-hydrogen) atoms. The normalized spacial score (nSPS) is 15.9. The number of halogens is 2. The summed E-state index contributed by atoms with van der Waals surface area (Å²) in [4.78, 5) is 33.4. The van der Waals surface area contributed by atoms with Crippen molar-refractivity contribution < 1.29 is 23.0 Å². The highest BCUT2D eigenvalue weighted by Crippen LogP contribution is 2.39. The smallest absolute Gasteiger partial charge is 0.410 e. The van der Waals surface area contributed by atoms with Crippen molar-refractivity contribution in [2.24, 2.45) is 0 Å². The minimum absolute atomic E-state index is 0.0418.